The van der Waals surface area contributed by atoms with E-state index in [1.807, 2.05) is 31.2 Å². The van der Waals surface area contributed by atoms with Gasteiger partial charge in [-0.15, -0.1) is 0 Å². The van der Waals surface area contributed by atoms with Crippen molar-refractivity contribution >= 4 is 11.9 Å². The van der Waals surface area contributed by atoms with Gasteiger partial charge in [-0.2, -0.15) is 0 Å². The first kappa shape index (κ1) is 16.3. The third kappa shape index (κ3) is 4.76. The van der Waals surface area contributed by atoms with Gasteiger partial charge in [0.1, 0.15) is 5.75 Å². The average Bonchev–Trinajstić information content (AvgIpc) is 3.32. The largest absolute Gasteiger partial charge is 0.494 e. The molecule has 1 aliphatic carbocycles. The van der Waals surface area contributed by atoms with Gasteiger partial charge in [0.05, 0.1) is 25.7 Å². The van der Waals surface area contributed by atoms with Crippen molar-refractivity contribution in [3.63, 3.8) is 0 Å². The summed E-state index contributed by atoms with van der Waals surface area (Å²) in [6, 6.07) is 7.09. The normalized spacial score (nSPS) is 15.0. The van der Waals surface area contributed by atoms with Gasteiger partial charge < -0.3 is 14.8 Å². The van der Waals surface area contributed by atoms with E-state index in [1.54, 1.807) is 6.92 Å². The highest BCUT2D eigenvalue weighted by Gasteiger charge is 2.31. The third-order valence-electron chi connectivity index (χ3n) is 3.53. The van der Waals surface area contributed by atoms with E-state index in [4.69, 9.17) is 9.47 Å². The minimum atomic E-state index is -0.358. The summed E-state index contributed by atoms with van der Waals surface area (Å²) in [5, 5.41) is 2.96. The molecule has 1 N–H and O–H groups in total. The Bertz CT molecular complexity index is 508. The zero-order valence-electron chi connectivity index (χ0n) is 13.1. The molecule has 0 unspecified atom stereocenters. The highest BCUT2D eigenvalue weighted by atomic mass is 16.5. The summed E-state index contributed by atoms with van der Waals surface area (Å²) in [7, 11) is 0. The summed E-state index contributed by atoms with van der Waals surface area (Å²) in [6.45, 7) is 4.63. The Morgan fingerprint density at radius 2 is 1.86 bits per heavy atom. The lowest BCUT2D eigenvalue weighted by molar-refractivity contribution is -0.143. The molecule has 1 aromatic carbocycles. The molecule has 2 rings (SSSR count). The summed E-state index contributed by atoms with van der Waals surface area (Å²) < 4.78 is 10.4. The third-order valence-corrected chi connectivity index (χ3v) is 3.53. The fraction of sp³-hybridized carbons (Fsp3) is 0.529. The van der Waals surface area contributed by atoms with Crippen LogP contribution in [0.2, 0.25) is 0 Å². The van der Waals surface area contributed by atoms with Gasteiger partial charge in [0, 0.05) is 5.92 Å². The highest BCUT2D eigenvalue weighted by molar-refractivity contribution is 5.82. The van der Waals surface area contributed by atoms with Crippen LogP contribution >= 0.6 is 0 Å². The Hall–Kier alpha value is -2.04. The number of hydrogen-bond acceptors (Lipinski definition) is 4. The summed E-state index contributed by atoms with van der Waals surface area (Å²) in [5.74, 6) is 0.586. The Balaban J connectivity index is 2.07. The Kier molecular flexibility index (Phi) is 5.81. The Labute approximate surface area is 131 Å². The van der Waals surface area contributed by atoms with Gasteiger partial charge >= 0.3 is 5.97 Å². The van der Waals surface area contributed by atoms with Crippen molar-refractivity contribution in [2.24, 2.45) is 5.92 Å². The molecule has 5 nitrogen and oxygen atoms in total. The molecule has 22 heavy (non-hydrogen) atoms. The van der Waals surface area contributed by atoms with E-state index in [-0.39, 0.29) is 30.3 Å². The molecule has 120 valence electrons. The number of amides is 1. The smallest absolute Gasteiger partial charge is 0.308 e. The van der Waals surface area contributed by atoms with Gasteiger partial charge in [-0.25, -0.2) is 0 Å². The molecule has 0 spiro atoms. The van der Waals surface area contributed by atoms with Crippen LogP contribution in [0, 0.1) is 5.92 Å². The van der Waals surface area contributed by atoms with E-state index < -0.39 is 0 Å². The van der Waals surface area contributed by atoms with E-state index in [1.165, 1.54) is 0 Å². The molecule has 1 fully saturated rings. The van der Waals surface area contributed by atoms with Gasteiger partial charge in [-0.1, -0.05) is 12.1 Å². The molecule has 1 saturated carbocycles. The quantitative estimate of drug-likeness (QED) is 0.750. The topological polar surface area (TPSA) is 64.6 Å². The fourth-order valence-electron chi connectivity index (χ4n) is 2.24. The second kappa shape index (κ2) is 7.82. The Morgan fingerprint density at radius 1 is 1.18 bits per heavy atom. The lowest BCUT2D eigenvalue weighted by Crippen LogP contribution is -2.31. The molecule has 0 bridgehead atoms. The Morgan fingerprint density at radius 3 is 2.41 bits per heavy atom. The van der Waals surface area contributed by atoms with Crippen LogP contribution in [0.15, 0.2) is 24.3 Å². The molecule has 0 aliphatic heterocycles. The molecule has 1 aliphatic rings. The van der Waals surface area contributed by atoms with Crippen molar-refractivity contribution in [3.05, 3.63) is 29.8 Å². The van der Waals surface area contributed by atoms with Crippen LogP contribution in [0.5, 0.6) is 5.75 Å². The van der Waals surface area contributed by atoms with Crippen LogP contribution in [-0.4, -0.2) is 25.1 Å². The van der Waals surface area contributed by atoms with E-state index in [0.717, 1.165) is 24.2 Å². The van der Waals surface area contributed by atoms with Crippen LogP contribution in [0.1, 0.15) is 44.7 Å². The van der Waals surface area contributed by atoms with Crippen molar-refractivity contribution in [2.75, 3.05) is 13.2 Å². The molecule has 0 radical (unpaired) electrons. The number of benzene rings is 1. The zero-order valence-corrected chi connectivity index (χ0v) is 13.1. The van der Waals surface area contributed by atoms with E-state index in [9.17, 15) is 9.59 Å². The fourth-order valence-corrected chi connectivity index (χ4v) is 2.24. The number of hydrogen-bond donors (Lipinski definition) is 1. The zero-order chi connectivity index (χ0) is 15.9. The van der Waals surface area contributed by atoms with Gasteiger partial charge in [0.15, 0.2) is 0 Å². The number of carbonyl (C=O) groups is 2. The number of carbonyl (C=O) groups excluding carboxylic acids is 2. The van der Waals surface area contributed by atoms with Crippen molar-refractivity contribution in [2.45, 2.75) is 39.2 Å². The number of esters is 1. The monoisotopic (exact) mass is 305 g/mol. The second-order valence-electron chi connectivity index (χ2n) is 5.35. The van der Waals surface area contributed by atoms with E-state index >= 15 is 0 Å². The average molecular weight is 305 g/mol. The van der Waals surface area contributed by atoms with E-state index in [0.29, 0.717) is 13.2 Å². The molecule has 5 heteroatoms. The number of nitrogens with one attached hydrogen (secondary N) is 1. The van der Waals surface area contributed by atoms with Crippen LogP contribution in [-0.2, 0) is 14.3 Å². The summed E-state index contributed by atoms with van der Waals surface area (Å²) >= 11 is 0. The summed E-state index contributed by atoms with van der Waals surface area (Å²) in [4.78, 5) is 23.8. The van der Waals surface area contributed by atoms with Crippen LogP contribution < -0.4 is 10.1 Å². The summed E-state index contributed by atoms with van der Waals surface area (Å²) in [6.07, 6.45) is 2.00. The van der Waals surface area contributed by atoms with Crippen molar-refractivity contribution in [1.29, 1.82) is 0 Å². The first-order valence-electron chi connectivity index (χ1n) is 7.82. The van der Waals surface area contributed by atoms with Gasteiger partial charge in [-0.05, 0) is 44.4 Å². The standard InChI is InChI=1S/C17H23NO4/c1-3-21-14-9-7-12(8-10-14)15(11-16(19)22-4-2)18-17(20)13-5-6-13/h7-10,13,15H,3-6,11H2,1-2H3,(H,18,20)/t15-/m0/s1. The first-order valence-corrected chi connectivity index (χ1v) is 7.82. The molecule has 1 aromatic rings. The van der Waals surface area contributed by atoms with Crippen LogP contribution in [0.3, 0.4) is 0 Å². The molecular weight excluding hydrogens is 282 g/mol. The lowest BCUT2D eigenvalue weighted by Gasteiger charge is -2.19. The highest BCUT2D eigenvalue weighted by Crippen LogP contribution is 2.30. The van der Waals surface area contributed by atoms with Gasteiger partial charge in [-0.3, -0.25) is 9.59 Å². The summed E-state index contributed by atoms with van der Waals surface area (Å²) in [5.41, 5.74) is 0.880. The molecule has 0 aromatic heterocycles. The maximum Gasteiger partial charge on any atom is 0.308 e. The molecule has 1 atom stereocenters. The number of ether oxygens (including phenoxy) is 2. The maximum absolute atomic E-state index is 12.0. The minimum Gasteiger partial charge on any atom is -0.494 e. The lowest BCUT2D eigenvalue weighted by atomic mass is 10.0. The first-order chi connectivity index (χ1) is 10.6. The number of rotatable bonds is 8. The van der Waals surface area contributed by atoms with Crippen molar-refractivity contribution in [1.82, 2.24) is 5.32 Å². The predicted octanol–water partition coefficient (Wildman–Crippen LogP) is 2.61. The SMILES string of the molecule is CCOC(=O)C[C@H](NC(=O)C1CC1)c1ccc(OCC)cc1. The molecular formula is C17H23NO4. The second-order valence-corrected chi connectivity index (χ2v) is 5.35. The van der Waals surface area contributed by atoms with Gasteiger partial charge in [0.25, 0.3) is 0 Å². The van der Waals surface area contributed by atoms with Gasteiger partial charge in [0.2, 0.25) is 5.91 Å². The van der Waals surface area contributed by atoms with Crippen LogP contribution in [0.25, 0.3) is 0 Å². The molecule has 0 heterocycles. The van der Waals surface area contributed by atoms with Crippen LogP contribution in [0.4, 0.5) is 0 Å². The predicted molar refractivity (Wildman–Crippen MR) is 82.5 cm³/mol. The minimum absolute atomic E-state index is 0.0168. The molecule has 1 amide bonds. The van der Waals surface area contributed by atoms with E-state index in [2.05, 4.69) is 5.32 Å². The molecule has 0 saturated heterocycles. The van der Waals surface area contributed by atoms with Crippen molar-refractivity contribution in [3.8, 4) is 5.75 Å². The maximum atomic E-state index is 12.0. The van der Waals surface area contributed by atoms with Crippen molar-refractivity contribution < 1.29 is 19.1 Å².